The van der Waals surface area contributed by atoms with E-state index in [-0.39, 0.29) is 11.8 Å². The highest BCUT2D eigenvalue weighted by atomic mass is 32.2. The normalized spacial score (nSPS) is 12.1. The number of nitrogens with one attached hydrogen (secondary N) is 1. The van der Waals surface area contributed by atoms with Crippen LogP contribution in [0.5, 0.6) is 5.75 Å². The van der Waals surface area contributed by atoms with Crippen LogP contribution in [0.25, 0.3) is 0 Å². The first-order chi connectivity index (χ1) is 9.35. The fraction of sp³-hybridized carbons (Fsp3) is 0.571. The molecule has 1 N–H and O–H groups in total. The Hall–Kier alpha value is -1.11. The molecule has 1 aromatic carbocycles. The molecule has 20 heavy (non-hydrogen) atoms. The molecule has 0 radical (unpaired) electrons. The second-order valence-corrected chi connectivity index (χ2v) is 7.22. The Kier molecular flexibility index (Phi) is 6.45. The van der Waals surface area contributed by atoms with Crippen molar-refractivity contribution in [3.05, 3.63) is 29.8 Å². The van der Waals surface area contributed by atoms with Gasteiger partial charge in [-0.3, -0.25) is 0 Å². The van der Waals surface area contributed by atoms with Crippen LogP contribution in [0.4, 0.5) is 0 Å². The van der Waals surface area contributed by atoms with Gasteiger partial charge in [-0.2, -0.15) is 0 Å². The van der Waals surface area contributed by atoms with Crippen LogP contribution in [0, 0.1) is 0 Å². The molecule has 0 spiro atoms. The highest BCUT2D eigenvalue weighted by molar-refractivity contribution is 7.89. The summed E-state index contributed by atoms with van der Waals surface area (Å²) in [6.07, 6.45) is 0. The predicted octanol–water partition coefficient (Wildman–Crippen LogP) is 1.45. The summed E-state index contributed by atoms with van der Waals surface area (Å²) in [7, 11) is -0.0197. The van der Waals surface area contributed by atoms with Crippen molar-refractivity contribution in [3.63, 3.8) is 0 Å². The molecule has 0 heterocycles. The van der Waals surface area contributed by atoms with Gasteiger partial charge in [0.25, 0.3) is 0 Å². The maximum absolute atomic E-state index is 12.1. The van der Waals surface area contributed by atoms with Crippen LogP contribution in [-0.4, -0.2) is 45.2 Å². The molecule has 0 aliphatic carbocycles. The van der Waals surface area contributed by atoms with Crippen molar-refractivity contribution < 1.29 is 13.2 Å². The highest BCUT2D eigenvalue weighted by Gasteiger charge is 2.17. The van der Waals surface area contributed by atoms with Gasteiger partial charge in [0.1, 0.15) is 5.75 Å². The van der Waals surface area contributed by atoms with Gasteiger partial charge >= 0.3 is 0 Å². The zero-order valence-corrected chi connectivity index (χ0v) is 13.4. The van der Waals surface area contributed by atoms with E-state index in [4.69, 9.17) is 4.74 Å². The Balaban J connectivity index is 2.57. The fourth-order valence-corrected chi connectivity index (χ4v) is 2.75. The van der Waals surface area contributed by atoms with Gasteiger partial charge in [-0.25, -0.2) is 12.7 Å². The quantitative estimate of drug-likeness (QED) is 0.789. The summed E-state index contributed by atoms with van der Waals surface area (Å²) in [6, 6.07) is 7.69. The van der Waals surface area contributed by atoms with E-state index in [0.717, 1.165) is 11.3 Å². The van der Waals surface area contributed by atoms with E-state index in [2.05, 4.69) is 5.32 Å². The van der Waals surface area contributed by atoms with Crippen LogP contribution in [-0.2, 0) is 16.6 Å². The lowest BCUT2D eigenvalue weighted by Gasteiger charge is -2.18. The molecule has 0 aliphatic heterocycles. The second kappa shape index (κ2) is 7.61. The minimum absolute atomic E-state index is 0.109. The molecule has 0 atom stereocenters. The first kappa shape index (κ1) is 16.9. The van der Waals surface area contributed by atoms with Gasteiger partial charge in [-0.05, 0) is 17.7 Å². The number of ether oxygens (including phenoxy) is 1. The number of hydrogen-bond donors (Lipinski definition) is 1. The number of nitrogens with zero attached hydrogens (tertiary/aromatic N) is 1. The Bertz CT molecular complexity index is 498. The Morgan fingerprint density at radius 1 is 1.25 bits per heavy atom. The van der Waals surface area contributed by atoms with Crippen molar-refractivity contribution in [3.8, 4) is 5.75 Å². The summed E-state index contributed by atoms with van der Waals surface area (Å²) in [5.41, 5.74) is 0.939. The Morgan fingerprint density at radius 3 is 2.35 bits per heavy atom. The molecule has 0 saturated carbocycles. The van der Waals surface area contributed by atoms with E-state index in [1.165, 1.54) is 4.31 Å². The lowest BCUT2D eigenvalue weighted by Crippen LogP contribution is -2.35. The van der Waals surface area contributed by atoms with Crippen LogP contribution in [0.15, 0.2) is 24.3 Å². The summed E-state index contributed by atoms with van der Waals surface area (Å²) < 4.78 is 30.7. The van der Waals surface area contributed by atoms with Crippen LogP contribution in [0.1, 0.15) is 19.4 Å². The van der Waals surface area contributed by atoms with Crippen molar-refractivity contribution in [1.29, 1.82) is 0 Å². The third-order valence-electron chi connectivity index (χ3n) is 2.95. The van der Waals surface area contributed by atoms with Gasteiger partial charge in [-0.15, -0.1) is 0 Å². The average molecular weight is 300 g/mol. The second-order valence-electron chi connectivity index (χ2n) is 5.03. The standard InChI is InChI=1S/C14H24N2O3S/c1-12(2)15-9-10-20(17,18)16(3)11-13-5-7-14(19-4)8-6-13/h5-8,12,15H,9-11H2,1-4H3. The van der Waals surface area contributed by atoms with Crippen molar-refractivity contribution in [1.82, 2.24) is 9.62 Å². The molecule has 0 unspecified atom stereocenters. The lowest BCUT2D eigenvalue weighted by atomic mass is 10.2. The molecule has 5 nitrogen and oxygen atoms in total. The Labute approximate surface area is 122 Å². The molecule has 0 fully saturated rings. The molecule has 0 bridgehead atoms. The molecule has 1 rings (SSSR count). The van der Waals surface area contributed by atoms with Gasteiger partial charge in [-0.1, -0.05) is 26.0 Å². The molecular formula is C14H24N2O3S. The number of methoxy groups -OCH3 is 1. The van der Waals surface area contributed by atoms with Crippen molar-refractivity contribution in [2.75, 3.05) is 26.5 Å². The Morgan fingerprint density at radius 2 is 1.85 bits per heavy atom. The van der Waals surface area contributed by atoms with E-state index < -0.39 is 10.0 Å². The minimum atomic E-state index is -3.23. The van der Waals surface area contributed by atoms with Crippen molar-refractivity contribution in [2.24, 2.45) is 0 Å². The highest BCUT2D eigenvalue weighted by Crippen LogP contribution is 2.13. The average Bonchev–Trinajstić information content (AvgIpc) is 2.38. The van der Waals surface area contributed by atoms with Crippen LogP contribution in [0.3, 0.4) is 0 Å². The zero-order valence-electron chi connectivity index (χ0n) is 12.6. The molecule has 0 saturated heterocycles. The minimum Gasteiger partial charge on any atom is -0.497 e. The number of benzene rings is 1. The van der Waals surface area contributed by atoms with Gasteiger partial charge in [0, 0.05) is 26.2 Å². The summed E-state index contributed by atoms with van der Waals surface area (Å²) >= 11 is 0. The van der Waals surface area contributed by atoms with Crippen LogP contribution < -0.4 is 10.1 Å². The topological polar surface area (TPSA) is 58.6 Å². The van der Waals surface area contributed by atoms with Gasteiger partial charge in [0.05, 0.1) is 12.9 Å². The fourth-order valence-electron chi connectivity index (χ4n) is 1.72. The van der Waals surface area contributed by atoms with Crippen LogP contribution in [0.2, 0.25) is 0 Å². The monoisotopic (exact) mass is 300 g/mol. The third-order valence-corrected chi connectivity index (χ3v) is 4.75. The van der Waals surface area contributed by atoms with Gasteiger partial charge in [0.15, 0.2) is 0 Å². The zero-order chi connectivity index (χ0) is 15.2. The van der Waals surface area contributed by atoms with Crippen LogP contribution >= 0.6 is 0 Å². The first-order valence-corrected chi connectivity index (χ1v) is 8.26. The summed E-state index contributed by atoms with van der Waals surface area (Å²) in [6.45, 7) is 4.82. The van der Waals surface area contributed by atoms with Crippen molar-refractivity contribution >= 4 is 10.0 Å². The molecule has 0 amide bonds. The maximum Gasteiger partial charge on any atom is 0.215 e. The predicted molar refractivity (Wildman–Crippen MR) is 81.4 cm³/mol. The molecule has 0 aromatic heterocycles. The smallest absolute Gasteiger partial charge is 0.215 e. The summed E-state index contributed by atoms with van der Waals surface area (Å²) in [5, 5.41) is 3.11. The summed E-state index contributed by atoms with van der Waals surface area (Å²) in [4.78, 5) is 0. The molecule has 1 aromatic rings. The first-order valence-electron chi connectivity index (χ1n) is 6.65. The number of rotatable bonds is 8. The SMILES string of the molecule is COc1ccc(CN(C)S(=O)(=O)CCNC(C)C)cc1. The van der Waals surface area contributed by atoms with E-state index in [1.807, 2.05) is 38.1 Å². The van der Waals surface area contributed by atoms with Gasteiger partial charge in [0.2, 0.25) is 10.0 Å². The molecule has 114 valence electrons. The molecule has 6 heteroatoms. The van der Waals surface area contributed by atoms with Crippen molar-refractivity contribution in [2.45, 2.75) is 26.4 Å². The maximum atomic E-state index is 12.1. The van der Waals surface area contributed by atoms with E-state index in [0.29, 0.717) is 13.1 Å². The molecular weight excluding hydrogens is 276 g/mol. The van der Waals surface area contributed by atoms with E-state index in [1.54, 1.807) is 14.2 Å². The van der Waals surface area contributed by atoms with Gasteiger partial charge < -0.3 is 10.1 Å². The van der Waals surface area contributed by atoms with E-state index >= 15 is 0 Å². The number of sulfonamides is 1. The molecule has 0 aliphatic rings. The number of hydrogen-bond acceptors (Lipinski definition) is 4. The lowest BCUT2D eigenvalue weighted by molar-refractivity contribution is 0.414. The largest absolute Gasteiger partial charge is 0.497 e. The van der Waals surface area contributed by atoms with E-state index in [9.17, 15) is 8.42 Å². The summed E-state index contributed by atoms with van der Waals surface area (Å²) in [5.74, 6) is 0.873. The third kappa shape index (κ3) is 5.48.